The van der Waals surface area contributed by atoms with Gasteiger partial charge in [0.15, 0.2) is 5.79 Å². The molecule has 190 valence electrons. The maximum absolute atomic E-state index is 6.80. The molecule has 0 bridgehead atoms. The SMILES string of the molecule is CCc1ccc(CC(C)c2ccccc2C2(C)OCCO2)cc1C1(C)CC(C)(C)c2ccccc2O1. The minimum atomic E-state index is -0.662. The molecule has 0 aliphatic carbocycles. The molecule has 1 saturated heterocycles. The molecular weight excluding hydrogens is 444 g/mol. The third-order valence-electron chi connectivity index (χ3n) is 8.22. The molecule has 0 radical (unpaired) electrons. The first-order valence-corrected chi connectivity index (χ1v) is 13.4. The van der Waals surface area contributed by atoms with Crippen molar-refractivity contribution in [3.8, 4) is 5.75 Å². The smallest absolute Gasteiger partial charge is 0.192 e. The minimum absolute atomic E-state index is 0.0353. The Labute approximate surface area is 216 Å². The predicted octanol–water partition coefficient (Wildman–Crippen LogP) is 7.79. The fourth-order valence-corrected chi connectivity index (χ4v) is 6.51. The zero-order valence-electron chi connectivity index (χ0n) is 22.7. The van der Waals surface area contributed by atoms with Crippen LogP contribution in [0.2, 0.25) is 0 Å². The van der Waals surface area contributed by atoms with Crippen LogP contribution in [0.4, 0.5) is 0 Å². The number of hydrogen-bond acceptors (Lipinski definition) is 3. The van der Waals surface area contributed by atoms with Gasteiger partial charge in [0.2, 0.25) is 0 Å². The number of aryl methyl sites for hydroxylation is 1. The summed E-state index contributed by atoms with van der Waals surface area (Å²) in [6.07, 6.45) is 2.88. The van der Waals surface area contributed by atoms with Crippen molar-refractivity contribution in [2.75, 3.05) is 13.2 Å². The lowest BCUT2D eigenvalue weighted by Gasteiger charge is -2.45. The zero-order chi connectivity index (χ0) is 25.6. The molecule has 0 N–H and O–H groups in total. The summed E-state index contributed by atoms with van der Waals surface area (Å²) in [5, 5.41) is 0. The van der Waals surface area contributed by atoms with E-state index in [0.29, 0.717) is 19.1 Å². The molecule has 3 aromatic rings. The van der Waals surface area contributed by atoms with Gasteiger partial charge in [-0.05, 0) is 71.9 Å². The molecule has 3 heteroatoms. The Morgan fingerprint density at radius 3 is 2.19 bits per heavy atom. The maximum Gasteiger partial charge on any atom is 0.192 e. The molecule has 0 saturated carbocycles. The normalized spacial score (nSPS) is 23.1. The predicted molar refractivity (Wildman–Crippen MR) is 146 cm³/mol. The molecule has 0 spiro atoms. The fourth-order valence-electron chi connectivity index (χ4n) is 6.51. The lowest BCUT2D eigenvalue weighted by Crippen LogP contribution is -2.42. The van der Waals surface area contributed by atoms with Gasteiger partial charge >= 0.3 is 0 Å². The van der Waals surface area contributed by atoms with Crippen LogP contribution in [-0.4, -0.2) is 13.2 Å². The molecular formula is C33H40O3. The van der Waals surface area contributed by atoms with Gasteiger partial charge in [-0.1, -0.05) is 88.4 Å². The highest BCUT2D eigenvalue weighted by Crippen LogP contribution is 2.49. The molecule has 36 heavy (non-hydrogen) atoms. The van der Waals surface area contributed by atoms with Gasteiger partial charge in [0, 0.05) is 12.0 Å². The lowest BCUT2D eigenvalue weighted by atomic mass is 9.70. The van der Waals surface area contributed by atoms with Crippen molar-refractivity contribution < 1.29 is 14.2 Å². The lowest BCUT2D eigenvalue weighted by molar-refractivity contribution is -0.150. The van der Waals surface area contributed by atoms with Gasteiger partial charge in [0.05, 0.1) is 13.2 Å². The summed E-state index contributed by atoms with van der Waals surface area (Å²) in [7, 11) is 0. The number of hydrogen-bond donors (Lipinski definition) is 0. The van der Waals surface area contributed by atoms with Gasteiger partial charge in [0.1, 0.15) is 11.4 Å². The zero-order valence-corrected chi connectivity index (χ0v) is 22.7. The van der Waals surface area contributed by atoms with Crippen molar-refractivity contribution in [1.29, 1.82) is 0 Å². The van der Waals surface area contributed by atoms with Crippen molar-refractivity contribution in [3.63, 3.8) is 0 Å². The van der Waals surface area contributed by atoms with Crippen LogP contribution >= 0.6 is 0 Å². The highest BCUT2D eigenvalue weighted by Gasteiger charge is 2.44. The number of ether oxygens (including phenoxy) is 3. The Bertz CT molecular complexity index is 1240. The highest BCUT2D eigenvalue weighted by atomic mass is 16.7. The Morgan fingerprint density at radius 2 is 1.47 bits per heavy atom. The van der Waals surface area contributed by atoms with Crippen LogP contribution < -0.4 is 4.74 Å². The largest absolute Gasteiger partial charge is 0.483 e. The Balaban J connectivity index is 1.48. The van der Waals surface area contributed by atoms with Crippen LogP contribution in [0.1, 0.15) is 87.3 Å². The fraction of sp³-hybridized carbons (Fsp3) is 0.455. The summed E-state index contributed by atoms with van der Waals surface area (Å²) >= 11 is 0. The van der Waals surface area contributed by atoms with Crippen molar-refractivity contribution in [1.82, 2.24) is 0 Å². The number of benzene rings is 3. The first kappa shape index (κ1) is 25.0. The van der Waals surface area contributed by atoms with Crippen molar-refractivity contribution in [2.45, 2.75) is 83.5 Å². The maximum atomic E-state index is 6.80. The molecule has 2 heterocycles. The standard InChI is InChI=1S/C33H40O3/c1-7-25-17-16-24(20-23(2)26-12-8-9-13-27(26)33(6)34-18-19-35-33)21-29(25)32(5)22-31(3,4)28-14-10-11-15-30(28)36-32/h8-17,21,23H,7,18-20,22H2,1-6H3. The summed E-state index contributed by atoms with van der Waals surface area (Å²) < 4.78 is 18.8. The first-order valence-electron chi connectivity index (χ1n) is 13.4. The summed E-state index contributed by atoms with van der Waals surface area (Å²) in [4.78, 5) is 0. The van der Waals surface area contributed by atoms with Gasteiger partial charge in [-0.25, -0.2) is 0 Å². The van der Waals surface area contributed by atoms with Gasteiger partial charge in [-0.15, -0.1) is 0 Å². The molecule has 2 atom stereocenters. The Kier molecular flexibility index (Phi) is 6.51. The highest BCUT2D eigenvalue weighted by molar-refractivity contribution is 5.46. The van der Waals surface area contributed by atoms with Crippen LogP contribution in [-0.2, 0) is 39.1 Å². The van der Waals surface area contributed by atoms with Crippen molar-refractivity contribution in [3.05, 3.63) is 100 Å². The second kappa shape index (κ2) is 9.36. The van der Waals surface area contributed by atoms with E-state index in [1.54, 1.807) is 0 Å². The van der Waals surface area contributed by atoms with Gasteiger partial charge in [0.25, 0.3) is 0 Å². The molecule has 1 fully saturated rings. The molecule has 2 unspecified atom stereocenters. The third kappa shape index (κ3) is 4.48. The second-order valence-electron chi connectivity index (χ2n) is 11.6. The van der Waals surface area contributed by atoms with Gasteiger partial charge in [-0.2, -0.15) is 0 Å². The van der Waals surface area contributed by atoms with Crippen LogP contribution in [0, 0.1) is 0 Å². The van der Waals surface area contributed by atoms with Crippen LogP contribution in [0.3, 0.4) is 0 Å². The Morgan fingerprint density at radius 1 is 0.806 bits per heavy atom. The second-order valence-corrected chi connectivity index (χ2v) is 11.6. The topological polar surface area (TPSA) is 27.7 Å². The number of para-hydroxylation sites is 1. The van der Waals surface area contributed by atoms with E-state index in [9.17, 15) is 0 Å². The summed E-state index contributed by atoms with van der Waals surface area (Å²) in [5.41, 5.74) is 7.41. The van der Waals surface area contributed by atoms with Crippen LogP contribution in [0.5, 0.6) is 5.75 Å². The quantitative estimate of drug-likeness (QED) is 0.357. The average Bonchev–Trinajstić information content (AvgIpc) is 3.31. The summed E-state index contributed by atoms with van der Waals surface area (Å²) in [6.45, 7) is 14.8. The van der Waals surface area contributed by atoms with E-state index in [-0.39, 0.29) is 11.0 Å². The molecule has 2 aliphatic rings. The summed E-state index contributed by atoms with van der Waals surface area (Å²) in [5.74, 6) is 0.670. The molecule has 3 aromatic carbocycles. The summed E-state index contributed by atoms with van der Waals surface area (Å²) in [6, 6.07) is 24.1. The number of rotatable bonds is 6. The minimum Gasteiger partial charge on any atom is -0.483 e. The van der Waals surface area contributed by atoms with Crippen molar-refractivity contribution in [2.24, 2.45) is 0 Å². The van der Waals surface area contributed by atoms with E-state index >= 15 is 0 Å². The molecule has 0 amide bonds. The molecule has 2 aliphatic heterocycles. The van der Waals surface area contributed by atoms with E-state index in [4.69, 9.17) is 14.2 Å². The van der Waals surface area contributed by atoms with E-state index in [1.165, 1.54) is 27.8 Å². The van der Waals surface area contributed by atoms with Gasteiger partial charge < -0.3 is 14.2 Å². The van der Waals surface area contributed by atoms with E-state index in [1.807, 2.05) is 6.92 Å². The molecule has 5 rings (SSSR count). The van der Waals surface area contributed by atoms with E-state index < -0.39 is 5.79 Å². The van der Waals surface area contributed by atoms with Crippen LogP contribution in [0.25, 0.3) is 0 Å². The van der Waals surface area contributed by atoms with E-state index in [2.05, 4.69) is 101 Å². The first-order chi connectivity index (χ1) is 17.2. The monoisotopic (exact) mass is 484 g/mol. The van der Waals surface area contributed by atoms with E-state index in [0.717, 1.165) is 30.6 Å². The van der Waals surface area contributed by atoms with Crippen LogP contribution in [0.15, 0.2) is 66.7 Å². The molecule has 3 nitrogen and oxygen atoms in total. The average molecular weight is 485 g/mol. The van der Waals surface area contributed by atoms with Gasteiger partial charge in [-0.3, -0.25) is 0 Å². The van der Waals surface area contributed by atoms with Crippen molar-refractivity contribution >= 4 is 0 Å². The Hall–Kier alpha value is -2.62. The third-order valence-corrected chi connectivity index (χ3v) is 8.22. The molecule has 0 aromatic heterocycles. The number of fused-ring (bicyclic) bond motifs is 1.